The summed E-state index contributed by atoms with van der Waals surface area (Å²) in [5.74, 6) is -1.35. The molecule has 29 heavy (non-hydrogen) atoms. The summed E-state index contributed by atoms with van der Waals surface area (Å²) in [7, 11) is 0. The molecule has 148 valence electrons. The molecule has 0 spiro atoms. The van der Waals surface area contributed by atoms with Crippen LogP contribution in [0.3, 0.4) is 0 Å². The van der Waals surface area contributed by atoms with Gasteiger partial charge in [-0.25, -0.2) is 9.98 Å². The summed E-state index contributed by atoms with van der Waals surface area (Å²) < 4.78 is 0. The Balaban J connectivity index is 1.49. The minimum atomic E-state index is -0.703. The zero-order valence-corrected chi connectivity index (χ0v) is 16.4. The molecule has 1 fully saturated rings. The Kier molecular flexibility index (Phi) is 4.74. The van der Waals surface area contributed by atoms with Crippen molar-refractivity contribution in [2.24, 2.45) is 4.99 Å². The van der Waals surface area contributed by atoms with Crippen molar-refractivity contribution in [2.75, 3.05) is 19.6 Å². The molecule has 1 saturated heterocycles. The van der Waals surface area contributed by atoms with E-state index in [2.05, 4.69) is 9.98 Å². The molecule has 2 aliphatic heterocycles. The average Bonchev–Trinajstić information content (AvgIpc) is 3.16. The molecular weight excluding hydrogens is 368 g/mol. The van der Waals surface area contributed by atoms with Crippen LogP contribution >= 0.6 is 0 Å². The number of benzene rings is 1. The second-order valence-electron chi connectivity index (χ2n) is 7.90. The molecule has 7 heteroatoms. The highest BCUT2D eigenvalue weighted by Gasteiger charge is 2.43. The second kappa shape index (κ2) is 7.24. The first-order chi connectivity index (χ1) is 13.9. The molecule has 1 atom stereocenters. The largest absolute Gasteiger partial charge is 0.335 e. The number of aromatic nitrogens is 1. The van der Waals surface area contributed by atoms with Crippen LogP contribution in [0.25, 0.3) is 0 Å². The molecule has 7 nitrogen and oxygen atoms in total. The summed E-state index contributed by atoms with van der Waals surface area (Å²) in [6, 6.07) is 12.6. The van der Waals surface area contributed by atoms with E-state index >= 15 is 0 Å². The van der Waals surface area contributed by atoms with Crippen molar-refractivity contribution in [2.45, 2.75) is 25.3 Å². The van der Waals surface area contributed by atoms with Gasteiger partial charge >= 0.3 is 0 Å². The molecule has 0 saturated carbocycles. The number of pyridine rings is 1. The van der Waals surface area contributed by atoms with Crippen molar-refractivity contribution in [3.63, 3.8) is 0 Å². The minimum absolute atomic E-state index is 0.0694. The van der Waals surface area contributed by atoms with Crippen LogP contribution in [0, 0.1) is 0 Å². The molecule has 1 aromatic heterocycles. The molecule has 0 radical (unpaired) electrons. The highest BCUT2D eigenvalue weighted by atomic mass is 16.2. The van der Waals surface area contributed by atoms with Gasteiger partial charge in [-0.05, 0) is 32.0 Å². The molecule has 2 aliphatic rings. The maximum atomic E-state index is 13.0. The number of Topliss-reactive ketones (excluding diaryl/α,β-unsaturated/α-hetero) is 1. The van der Waals surface area contributed by atoms with E-state index in [-0.39, 0.29) is 5.91 Å². The van der Waals surface area contributed by atoms with Gasteiger partial charge in [-0.2, -0.15) is 0 Å². The van der Waals surface area contributed by atoms with Crippen molar-refractivity contribution in [3.8, 4) is 0 Å². The molecule has 4 rings (SSSR count). The van der Waals surface area contributed by atoms with Gasteiger partial charge in [-0.15, -0.1) is 0 Å². The predicted molar refractivity (Wildman–Crippen MR) is 108 cm³/mol. The van der Waals surface area contributed by atoms with Gasteiger partial charge in [0.1, 0.15) is 0 Å². The Morgan fingerprint density at radius 2 is 1.79 bits per heavy atom. The van der Waals surface area contributed by atoms with Crippen molar-refractivity contribution < 1.29 is 14.4 Å². The minimum Gasteiger partial charge on any atom is -0.335 e. The molecule has 0 bridgehead atoms. The predicted octanol–water partition coefficient (Wildman–Crippen LogP) is 2.21. The molecule has 1 aromatic carbocycles. The van der Waals surface area contributed by atoms with E-state index in [0.29, 0.717) is 36.6 Å². The lowest BCUT2D eigenvalue weighted by Crippen LogP contribution is -2.63. The van der Waals surface area contributed by atoms with Gasteiger partial charge in [0.2, 0.25) is 5.78 Å². The molecule has 0 N–H and O–H groups in total. The van der Waals surface area contributed by atoms with Crippen LogP contribution in [0.4, 0.5) is 5.82 Å². The summed E-state index contributed by atoms with van der Waals surface area (Å²) in [5.41, 5.74) is 0.607. The van der Waals surface area contributed by atoms with Crippen molar-refractivity contribution in [3.05, 3.63) is 59.8 Å². The van der Waals surface area contributed by atoms with Crippen molar-refractivity contribution in [1.29, 1.82) is 0 Å². The molecule has 2 amide bonds. The monoisotopic (exact) mass is 390 g/mol. The Morgan fingerprint density at radius 1 is 1.03 bits per heavy atom. The summed E-state index contributed by atoms with van der Waals surface area (Å²) in [6.07, 6.45) is 3.09. The highest BCUT2D eigenvalue weighted by molar-refractivity contribution is 6.41. The molecule has 3 heterocycles. The van der Waals surface area contributed by atoms with Crippen LogP contribution in [0.1, 0.15) is 35.7 Å². The number of piperazine rings is 1. The Hall–Kier alpha value is -3.35. The topological polar surface area (TPSA) is 82.9 Å². The molecule has 2 aromatic rings. The SMILES string of the molecule is CC1(C)CN(C(=O)c2ccccc2)CCN1C(=O)C(=O)C1C=Nc2ncccc21. The molecule has 1 unspecified atom stereocenters. The zero-order valence-electron chi connectivity index (χ0n) is 16.4. The Bertz CT molecular complexity index is 1000. The summed E-state index contributed by atoms with van der Waals surface area (Å²) in [5, 5.41) is 0. The zero-order chi connectivity index (χ0) is 20.6. The number of carbonyl (C=O) groups excluding carboxylic acids is 3. The number of hydrogen-bond donors (Lipinski definition) is 0. The van der Waals surface area contributed by atoms with Crippen LogP contribution < -0.4 is 0 Å². The van der Waals surface area contributed by atoms with E-state index in [0.717, 1.165) is 0 Å². The van der Waals surface area contributed by atoms with Crippen LogP contribution in [0.2, 0.25) is 0 Å². The van der Waals surface area contributed by atoms with Gasteiger partial charge in [0.05, 0.1) is 11.5 Å². The standard InChI is InChI=1S/C22H22N4O3/c1-22(2)14-25(20(28)15-7-4-3-5-8-15)11-12-26(22)21(29)18(27)17-13-24-19-16(17)9-6-10-23-19/h3-10,13,17H,11-12,14H2,1-2H3. The van der Waals surface area contributed by atoms with E-state index in [1.807, 2.05) is 32.0 Å². The number of nitrogens with zero attached hydrogens (tertiary/aromatic N) is 4. The van der Waals surface area contributed by atoms with Crippen molar-refractivity contribution >= 4 is 29.6 Å². The second-order valence-corrected chi connectivity index (χ2v) is 7.90. The maximum Gasteiger partial charge on any atom is 0.291 e. The fourth-order valence-electron chi connectivity index (χ4n) is 3.93. The highest BCUT2D eigenvalue weighted by Crippen LogP contribution is 2.32. The maximum absolute atomic E-state index is 13.0. The van der Waals surface area contributed by atoms with Gasteiger partial charge in [0.25, 0.3) is 11.8 Å². The summed E-state index contributed by atoms with van der Waals surface area (Å²) in [6.45, 7) is 4.80. The Labute approximate surface area is 169 Å². The van der Waals surface area contributed by atoms with E-state index in [4.69, 9.17) is 0 Å². The number of ketones is 1. The van der Waals surface area contributed by atoms with Crippen LogP contribution in [0.5, 0.6) is 0 Å². The molecular formula is C22H22N4O3. The third-order valence-electron chi connectivity index (χ3n) is 5.45. The first-order valence-corrected chi connectivity index (χ1v) is 9.58. The van der Waals surface area contributed by atoms with E-state index in [9.17, 15) is 14.4 Å². The first kappa shape index (κ1) is 19.0. The Morgan fingerprint density at radius 3 is 2.52 bits per heavy atom. The lowest BCUT2D eigenvalue weighted by molar-refractivity contribution is -0.150. The van der Waals surface area contributed by atoms with Gasteiger partial charge in [0, 0.05) is 43.2 Å². The van der Waals surface area contributed by atoms with E-state index in [1.54, 1.807) is 40.3 Å². The first-order valence-electron chi connectivity index (χ1n) is 9.58. The quantitative estimate of drug-likeness (QED) is 0.753. The third kappa shape index (κ3) is 3.44. The van der Waals surface area contributed by atoms with Crippen LogP contribution in [0.15, 0.2) is 53.7 Å². The third-order valence-corrected chi connectivity index (χ3v) is 5.45. The fourth-order valence-corrected chi connectivity index (χ4v) is 3.93. The summed E-state index contributed by atoms with van der Waals surface area (Å²) >= 11 is 0. The van der Waals surface area contributed by atoms with Gasteiger partial charge in [0.15, 0.2) is 5.82 Å². The lowest BCUT2D eigenvalue weighted by Gasteiger charge is -2.47. The summed E-state index contributed by atoms with van der Waals surface area (Å²) in [4.78, 5) is 50.4. The normalized spacial score (nSPS) is 19.7. The van der Waals surface area contributed by atoms with Gasteiger partial charge in [-0.3, -0.25) is 14.4 Å². The number of hydrogen-bond acceptors (Lipinski definition) is 5. The van der Waals surface area contributed by atoms with Gasteiger partial charge < -0.3 is 9.80 Å². The number of amides is 2. The number of aliphatic imine (C=N–C) groups is 1. The fraction of sp³-hybridized carbons (Fsp3) is 0.318. The van der Waals surface area contributed by atoms with E-state index < -0.39 is 23.1 Å². The lowest BCUT2D eigenvalue weighted by atomic mass is 9.93. The van der Waals surface area contributed by atoms with Crippen LogP contribution in [-0.2, 0) is 9.59 Å². The van der Waals surface area contributed by atoms with Crippen molar-refractivity contribution in [1.82, 2.24) is 14.8 Å². The number of carbonyl (C=O) groups is 3. The smallest absolute Gasteiger partial charge is 0.291 e. The average molecular weight is 390 g/mol. The number of fused-ring (bicyclic) bond motifs is 1. The van der Waals surface area contributed by atoms with Crippen LogP contribution in [-0.4, -0.2) is 63.8 Å². The van der Waals surface area contributed by atoms with E-state index in [1.165, 1.54) is 6.21 Å². The van der Waals surface area contributed by atoms with Gasteiger partial charge in [-0.1, -0.05) is 24.3 Å². The number of rotatable bonds is 3. The molecule has 0 aliphatic carbocycles.